The van der Waals surface area contributed by atoms with Gasteiger partial charge < -0.3 is 14.2 Å². The Morgan fingerprint density at radius 3 is 1.24 bits per heavy atom. The standard InChI is InChI=1S/C53H88O5/c1-4-7-10-13-15-17-19-21-23-25-26-27-29-31-33-35-37-39-42-45-48-56-49-51(58-53(55)47-44-40-12-9-6-3)50-57-52(54)46-43-41-38-36-34-32-30-28-24-22-20-18-16-14-11-8-5-2/h7-8,10-11,15-18,21-24,26-27,31,33,51H,4-6,9,12-14,19-20,25,28-30,32,34-50H2,1-3H3/b10-7-,11-8-,17-15-,18-16-,23-21-,24-22-,27-26-,33-31-. The lowest BCUT2D eigenvalue weighted by Gasteiger charge is -2.18. The molecule has 0 saturated heterocycles. The number of hydrogen-bond acceptors (Lipinski definition) is 5. The summed E-state index contributed by atoms with van der Waals surface area (Å²) < 4.78 is 17.2. The van der Waals surface area contributed by atoms with Crippen LogP contribution in [-0.4, -0.2) is 37.9 Å². The molecule has 0 rings (SSSR count). The average molecular weight is 805 g/mol. The Kier molecular flexibility index (Phi) is 45.5. The minimum absolute atomic E-state index is 0.0642. The molecule has 0 saturated carbocycles. The second-order valence-electron chi connectivity index (χ2n) is 15.3. The van der Waals surface area contributed by atoms with E-state index in [-0.39, 0.29) is 25.2 Å². The Balaban J connectivity index is 4.13. The van der Waals surface area contributed by atoms with Crippen LogP contribution in [-0.2, 0) is 23.8 Å². The lowest BCUT2D eigenvalue weighted by Crippen LogP contribution is -2.30. The van der Waals surface area contributed by atoms with Crippen molar-refractivity contribution in [3.8, 4) is 0 Å². The van der Waals surface area contributed by atoms with Gasteiger partial charge >= 0.3 is 11.9 Å². The Hall–Kier alpha value is -3.18. The molecule has 0 N–H and O–H groups in total. The van der Waals surface area contributed by atoms with E-state index in [4.69, 9.17) is 14.2 Å². The van der Waals surface area contributed by atoms with E-state index < -0.39 is 6.10 Å². The van der Waals surface area contributed by atoms with Crippen molar-refractivity contribution in [3.63, 3.8) is 0 Å². The van der Waals surface area contributed by atoms with Crippen LogP contribution in [0.1, 0.15) is 201 Å². The van der Waals surface area contributed by atoms with Crippen LogP contribution in [0.15, 0.2) is 97.2 Å². The highest BCUT2D eigenvalue weighted by molar-refractivity contribution is 5.70. The molecule has 1 unspecified atom stereocenters. The van der Waals surface area contributed by atoms with Gasteiger partial charge in [-0.15, -0.1) is 0 Å². The Bertz CT molecular complexity index is 1140. The minimum atomic E-state index is -0.554. The summed E-state index contributed by atoms with van der Waals surface area (Å²) in [5.74, 6) is -0.442. The molecule has 5 heteroatoms. The molecule has 330 valence electrons. The Morgan fingerprint density at radius 1 is 0.397 bits per heavy atom. The molecule has 0 aliphatic rings. The molecule has 5 nitrogen and oxygen atoms in total. The minimum Gasteiger partial charge on any atom is -0.462 e. The Labute approximate surface area is 358 Å². The maximum absolute atomic E-state index is 12.6. The van der Waals surface area contributed by atoms with E-state index in [1.54, 1.807) is 0 Å². The topological polar surface area (TPSA) is 61.8 Å². The van der Waals surface area contributed by atoms with Crippen LogP contribution in [0.25, 0.3) is 0 Å². The third-order valence-electron chi connectivity index (χ3n) is 9.62. The van der Waals surface area contributed by atoms with Gasteiger partial charge in [-0.25, -0.2) is 0 Å². The highest BCUT2D eigenvalue weighted by atomic mass is 16.6. The molecule has 1 atom stereocenters. The van der Waals surface area contributed by atoms with Gasteiger partial charge in [0.1, 0.15) is 6.61 Å². The number of rotatable bonds is 42. The summed E-state index contributed by atoms with van der Waals surface area (Å²) in [5.41, 5.74) is 0. The van der Waals surface area contributed by atoms with Crippen molar-refractivity contribution in [2.24, 2.45) is 0 Å². The fourth-order valence-corrected chi connectivity index (χ4v) is 6.14. The monoisotopic (exact) mass is 805 g/mol. The summed E-state index contributed by atoms with van der Waals surface area (Å²) in [6, 6.07) is 0. The number of unbranched alkanes of at least 4 members (excludes halogenated alkanes) is 15. The smallest absolute Gasteiger partial charge is 0.306 e. The van der Waals surface area contributed by atoms with Crippen molar-refractivity contribution in [3.05, 3.63) is 97.2 Å². The van der Waals surface area contributed by atoms with Gasteiger partial charge in [-0.2, -0.15) is 0 Å². The van der Waals surface area contributed by atoms with Crippen LogP contribution in [0.3, 0.4) is 0 Å². The third-order valence-corrected chi connectivity index (χ3v) is 9.62. The van der Waals surface area contributed by atoms with E-state index in [1.165, 1.54) is 51.4 Å². The number of ether oxygens (including phenoxy) is 3. The summed E-state index contributed by atoms with van der Waals surface area (Å²) in [6.07, 6.45) is 64.4. The molecule has 0 fully saturated rings. The van der Waals surface area contributed by atoms with E-state index in [0.29, 0.717) is 19.4 Å². The normalized spacial score (nSPS) is 13.1. The lowest BCUT2D eigenvalue weighted by molar-refractivity contribution is -0.163. The zero-order chi connectivity index (χ0) is 42.1. The number of esters is 2. The number of allylic oxidation sites excluding steroid dienone is 16. The zero-order valence-electron chi connectivity index (χ0n) is 37.8. The van der Waals surface area contributed by atoms with Crippen LogP contribution in [0.2, 0.25) is 0 Å². The molecular weight excluding hydrogens is 717 g/mol. The second-order valence-corrected chi connectivity index (χ2v) is 15.3. The first-order chi connectivity index (χ1) is 28.6. The van der Waals surface area contributed by atoms with Crippen molar-refractivity contribution >= 4 is 11.9 Å². The summed E-state index contributed by atoms with van der Waals surface area (Å²) in [6.45, 7) is 7.45. The van der Waals surface area contributed by atoms with Crippen molar-refractivity contribution < 1.29 is 23.8 Å². The summed E-state index contributed by atoms with van der Waals surface area (Å²) in [5, 5.41) is 0. The summed E-state index contributed by atoms with van der Waals surface area (Å²) in [7, 11) is 0. The largest absolute Gasteiger partial charge is 0.462 e. The quantitative estimate of drug-likeness (QED) is 0.0349. The van der Waals surface area contributed by atoms with Crippen LogP contribution in [0.4, 0.5) is 0 Å². The van der Waals surface area contributed by atoms with Gasteiger partial charge in [0.2, 0.25) is 0 Å². The summed E-state index contributed by atoms with van der Waals surface area (Å²) >= 11 is 0. The van der Waals surface area contributed by atoms with E-state index >= 15 is 0 Å². The van der Waals surface area contributed by atoms with Gasteiger partial charge in [0.05, 0.1) is 6.61 Å². The van der Waals surface area contributed by atoms with Crippen LogP contribution in [0, 0.1) is 0 Å². The molecule has 0 radical (unpaired) electrons. The van der Waals surface area contributed by atoms with Gasteiger partial charge in [-0.3, -0.25) is 9.59 Å². The maximum Gasteiger partial charge on any atom is 0.306 e. The van der Waals surface area contributed by atoms with E-state index in [1.807, 2.05) is 0 Å². The van der Waals surface area contributed by atoms with Gasteiger partial charge in [0, 0.05) is 19.4 Å². The first kappa shape index (κ1) is 54.8. The van der Waals surface area contributed by atoms with Crippen molar-refractivity contribution in [2.75, 3.05) is 19.8 Å². The van der Waals surface area contributed by atoms with Crippen LogP contribution < -0.4 is 0 Å². The van der Waals surface area contributed by atoms with Gasteiger partial charge in [0.25, 0.3) is 0 Å². The molecule has 0 spiro atoms. The molecule has 0 amide bonds. The first-order valence-electron chi connectivity index (χ1n) is 23.8. The third kappa shape index (κ3) is 45.5. The SMILES string of the molecule is CC/C=C\C/C=C\C/C=C\C/C=C\C/C=C\CCCCCCOCC(COC(=O)CCCCCCCCC/C=C\C/C=C\C/C=C\CC)OC(=O)CCCCCCC. The highest BCUT2D eigenvalue weighted by Gasteiger charge is 2.17. The number of carbonyl (C=O) groups is 2. The predicted octanol–water partition coefficient (Wildman–Crippen LogP) is 15.9. The average Bonchev–Trinajstić information content (AvgIpc) is 3.22. The van der Waals surface area contributed by atoms with Crippen molar-refractivity contribution in [1.82, 2.24) is 0 Å². The second kappa shape index (κ2) is 48.2. The van der Waals surface area contributed by atoms with E-state index in [9.17, 15) is 9.59 Å². The van der Waals surface area contributed by atoms with Gasteiger partial charge in [0.15, 0.2) is 6.10 Å². The number of carbonyl (C=O) groups excluding carboxylic acids is 2. The molecule has 0 aliphatic carbocycles. The summed E-state index contributed by atoms with van der Waals surface area (Å²) in [4.78, 5) is 25.1. The molecule has 0 bridgehead atoms. The maximum atomic E-state index is 12.6. The first-order valence-corrected chi connectivity index (χ1v) is 23.8. The van der Waals surface area contributed by atoms with E-state index in [0.717, 1.165) is 116 Å². The fraction of sp³-hybridized carbons (Fsp3) is 0.660. The molecular formula is C53H88O5. The molecule has 0 aliphatic heterocycles. The van der Waals surface area contributed by atoms with Crippen molar-refractivity contribution in [1.29, 1.82) is 0 Å². The van der Waals surface area contributed by atoms with Crippen molar-refractivity contribution in [2.45, 2.75) is 207 Å². The molecule has 0 aromatic carbocycles. The van der Waals surface area contributed by atoms with Crippen LogP contribution >= 0.6 is 0 Å². The highest BCUT2D eigenvalue weighted by Crippen LogP contribution is 2.12. The lowest BCUT2D eigenvalue weighted by atomic mass is 10.1. The predicted molar refractivity (Wildman–Crippen MR) is 251 cm³/mol. The molecule has 0 aromatic rings. The fourth-order valence-electron chi connectivity index (χ4n) is 6.14. The van der Waals surface area contributed by atoms with Crippen LogP contribution in [0.5, 0.6) is 0 Å². The molecule has 0 aromatic heterocycles. The molecule has 0 heterocycles. The zero-order valence-corrected chi connectivity index (χ0v) is 37.8. The number of hydrogen-bond donors (Lipinski definition) is 0. The molecule has 58 heavy (non-hydrogen) atoms. The van der Waals surface area contributed by atoms with E-state index in [2.05, 4.69) is 118 Å². The van der Waals surface area contributed by atoms with Gasteiger partial charge in [-0.1, -0.05) is 189 Å². The van der Waals surface area contributed by atoms with Gasteiger partial charge in [-0.05, 0) is 96.3 Å². The Morgan fingerprint density at radius 2 is 0.776 bits per heavy atom.